The Morgan fingerprint density at radius 2 is 1.84 bits per heavy atom. The third-order valence-electron chi connectivity index (χ3n) is 6.20. The first-order valence-corrected chi connectivity index (χ1v) is 12.4. The lowest BCUT2D eigenvalue weighted by atomic mass is 9.86. The van der Waals surface area contributed by atoms with Crippen LogP contribution in [0.4, 0.5) is 0 Å². The van der Waals surface area contributed by atoms with Crippen LogP contribution in [0.3, 0.4) is 0 Å². The van der Waals surface area contributed by atoms with Crippen molar-refractivity contribution >= 4 is 23.6 Å². The number of hydrogen-bond donors (Lipinski definition) is 2. The van der Waals surface area contributed by atoms with Crippen molar-refractivity contribution < 1.29 is 9.59 Å². The highest BCUT2D eigenvalue weighted by Gasteiger charge is 2.26. The predicted molar refractivity (Wildman–Crippen MR) is 128 cm³/mol. The van der Waals surface area contributed by atoms with Gasteiger partial charge in [0.2, 0.25) is 5.91 Å². The van der Waals surface area contributed by atoms with Crippen molar-refractivity contribution in [1.82, 2.24) is 25.4 Å². The van der Waals surface area contributed by atoms with Crippen molar-refractivity contribution in [2.75, 3.05) is 5.75 Å². The zero-order valence-corrected chi connectivity index (χ0v) is 20.5. The van der Waals surface area contributed by atoms with Gasteiger partial charge in [-0.25, -0.2) is 0 Å². The number of rotatable bonds is 8. The maximum atomic E-state index is 12.8. The van der Waals surface area contributed by atoms with Gasteiger partial charge in [0, 0.05) is 18.7 Å². The van der Waals surface area contributed by atoms with Crippen molar-refractivity contribution in [2.24, 2.45) is 18.9 Å². The molecule has 1 heterocycles. The van der Waals surface area contributed by atoms with Crippen molar-refractivity contribution in [2.45, 2.75) is 70.6 Å². The third-order valence-corrected chi connectivity index (χ3v) is 7.22. The van der Waals surface area contributed by atoms with Crippen LogP contribution in [0.25, 0.3) is 0 Å². The molecule has 1 aliphatic rings. The molecule has 8 heteroatoms. The van der Waals surface area contributed by atoms with E-state index in [1.54, 1.807) is 0 Å². The number of carbonyl (C=O) groups excluding carboxylic acids is 2. The first kappa shape index (κ1) is 24.3. The molecule has 32 heavy (non-hydrogen) atoms. The van der Waals surface area contributed by atoms with Crippen LogP contribution in [0.2, 0.25) is 0 Å². The number of aromatic nitrogens is 3. The molecule has 1 aromatic carbocycles. The summed E-state index contributed by atoms with van der Waals surface area (Å²) in [6.07, 6.45) is 4.67. The Labute approximate surface area is 195 Å². The standard InChI is InChI=1S/C24H35N5O2S/c1-15(2)21(26-23(31)18-12-10-16(3)11-13-18)22-27-28-24(29(22)5)32-14-20(30)25-19-9-7-6-8-17(19)4/h10-13,15,17,19,21H,6-9,14H2,1-5H3,(H,25,30)(H,26,31)/t17-,19-,21-/m0/s1. The summed E-state index contributed by atoms with van der Waals surface area (Å²) in [7, 11) is 1.88. The van der Waals surface area contributed by atoms with Gasteiger partial charge in [-0.05, 0) is 43.7 Å². The Morgan fingerprint density at radius 3 is 2.50 bits per heavy atom. The fourth-order valence-electron chi connectivity index (χ4n) is 4.09. The molecule has 0 bridgehead atoms. The van der Waals surface area contributed by atoms with Gasteiger partial charge in [0.05, 0.1) is 11.8 Å². The summed E-state index contributed by atoms with van der Waals surface area (Å²) in [6, 6.07) is 7.49. The summed E-state index contributed by atoms with van der Waals surface area (Å²) < 4.78 is 1.88. The predicted octanol–water partition coefficient (Wildman–Crippen LogP) is 4.04. The molecule has 1 aliphatic carbocycles. The second kappa shape index (κ2) is 11.0. The van der Waals surface area contributed by atoms with Crippen LogP contribution >= 0.6 is 11.8 Å². The second-order valence-electron chi connectivity index (χ2n) is 9.19. The number of benzene rings is 1. The SMILES string of the molecule is Cc1ccc(C(=O)N[C@H](c2nnc(SCC(=O)N[C@H]3CCCC[C@@H]3C)n2C)C(C)C)cc1. The highest BCUT2D eigenvalue weighted by molar-refractivity contribution is 7.99. The van der Waals surface area contributed by atoms with Crippen LogP contribution in [0.5, 0.6) is 0 Å². The average Bonchev–Trinajstić information content (AvgIpc) is 3.12. The van der Waals surface area contributed by atoms with Crippen LogP contribution in [-0.2, 0) is 11.8 Å². The van der Waals surface area contributed by atoms with Gasteiger partial charge in [-0.15, -0.1) is 10.2 Å². The number of carbonyl (C=O) groups is 2. The molecule has 0 saturated heterocycles. The molecule has 1 saturated carbocycles. The molecule has 2 aromatic rings. The van der Waals surface area contributed by atoms with Gasteiger partial charge in [-0.1, -0.05) is 63.1 Å². The second-order valence-corrected chi connectivity index (χ2v) is 10.1. The average molecular weight is 458 g/mol. The molecule has 0 radical (unpaired) electrons. The van der Waals surface area contributed by atoms with Crippen LogP contribution in [0.15, 0.2) is 29.4 Å². The first-order valence-electron chi connectivity index (χ1n) is 11.4. The summed E-state index contributed by atoms with van der Waals surface area (Å²) in [4.78, 5) is 25.2. The normalized spacial score (nSPS) is 19.6. The van der Waals surface area contributed by atoms with Crippen LogP contribution in [0, 0.1) is 18.8 Å². The summed E-state index contributed by atoms with van der Waals surface area (Å²) in [5.41, 5.74) is 1.73. The van der Waals surface area contributed by atoms with E-state index in [9.17, 15) is 9.59 Å². The van der Waals surface area contributed by atoms with Gasteiger partial charge in [0.25, 0.3) is 5.91 Å². The minimum atomic E-state index is -0.285. The van der Waals surface area contributed by atoms with Crippen molar-refractivity contribution in [3.8, 4) is 0 Å². The third kappa shape index (κ3) is 6.12. The topological polar surface area (TPSA) is 88.9 Å². The number of nitrogens with zero attached hydrogens (tertiary/aromatic N) is 3. The van der Waals surface area contributed by atoms with E-state index in [2.05, 4.69) is 27.8 Å². The van der Waals surface area contributed by atoms with E-state index in [0.29, 0.717) is 28.2 Å². The lowest BCUT2D eigenvalue weighted by Gasteiger charge is -2.29. The lowest BCUT2D eigenvalue weighted by Crippen LogP contribution is -2.41. The lowest BCUT2D eigenvalue weighted by molar-refractivity contribution is -0.119. The van der Waals surface area contributed by atoms with E-state index in [0.717, 1.165) is 12.0 Å². The van der Waals surface area contributed by atoms with E-state index in [-0.39, 0.29) is 29.8 Å². The first-order chi connectivity index (χ1) is 15.3. The number of amides is 2. The Morgan fingerprint density at radius 1 is 1.16 bits per heavy atom. The number of hydrogen-bond acceptors (Lipinski definition) is 5. The van der Waals surface area contributed by atoms with Crippen LogP contribution in [0.1, 0.15) is 74.2 Å². The minimum Gasteiger partial charge on any atom is -0.352 e. The molecule has 2 amide bonds. The Kier molecular flexibility index (Phi) is 8.34. The van der Waals surface area contributed by atoms with E-state index in [4.69, 9.17) is 0 Å². The number of thioether (sulfide) groups is 1. The smallest absolute Gasteiger partial charge is 0.251 e. The Balaban J connectivity index is 1.62. The molecule has 0 spiro atoms. The van der Waals surface area contributed by atoms with Gasteiger partial charge in [0.1, 0.15) is 0 Å². The van der Waals surface area contributed by atoms with E-state index >= 15 is 0 Å². The molecule has 1 aromatic heterocycles. The molecular weight excluding hydrogens is 422 g/mol. The van der Waals surface area contributed by atoms with Crippen molar-refractivity contribution in [3.05, 3.63) is 41.2 Å². The molecule has 1 fully saturated rings. The number of aryl methyl sites for hydroxylation is 1. The van der Waals surface area contributed by atoms with Gasteiger partial charge in [-0.2, -0.15) is 0 Å². The van der Waals surface area contributed by atoms with Crippen LogP contribution in [-0.4, -0.2) is 38.4 Å². The van der Waals surface area contributed by atoms with E-state index in [1.807, 2.05) is 56.7 Å². The largest absolute Gasteiger partial charge is 0.352 e. The quantitative estimate of drug-likeness (QED) is 0.584. The molecule has 0 aliphatic heterocycles. The minimum absolute atomic E-state index is 0.0337. The molecular formula is C24H35N5O2S. The monoisotopic (exact) mass is 457 g/mol. The van der Waals surface area contributed by atoms with Gasteiger partial charge in [0.15, 0.2) is 11.0 Å². The molecule has 174 valence electrons. The molecule has 3 atom stereocenters. The fraction of sp³-hybridized carbons (Fsp3) is 0.583. The van der Waals surface area contributed by atoms with Gasteiger partial charge >= 0.3 is 0 Å². The Bertz CT molecular complexity index is 925. The summed E-state index contributed by atoms with van der Waals surface area (Å²) in [5.74, 6) is 1.54. The fourth-order valence-corrected chi connectivity index (χ4v) is 4.82. The summed E-state index contributed by atoms with van der Waals surface area (Å²) >= 11 is 1.38. The zero-order chi connectivity index (χ0) is 23.3. The number of nitrogens with one attached hydrogen (secondary N) is 2. The maximum absolute atomic E-state index is 12.8. The molecule has 2 N–H and O–H groups in total. The molecule has 3 rings (SSSR count). The summed E-state index contributed by atoms with van der Waals surface area (Å²) in [5, 5.41) is 15.6. The highest BCUT2D eigenvalue weighted by Crippen LogP contribution is 2.26. The van der Waals surface area contributed by atoms with Crippen molar-refractivity contribution in [1.29, 1.82) is 0 Å². The zero-order valence-electron chi connectivity index (χ0n) is 19.7. The van der Waals surface area contributed by atoms with Gasteiger partial charge in [-0.3, -0.25) is 9.59 Å². The molecule has 7 nitrogen and oxygen atoms in total. The molecule has 0 unspecified atom stereocenters. The summed E-state index contributed by atoms with van der Waals surface area (Å²) in [6.45, 7) is 8.29. The van der Waals surface area contributed by atoms with Crippen LogP contribution < -0.4 is 10.6 Å². The van der Waals surface area contributed by atoms with Gasteiger partial charge < -0.3 is 15.2 Å². The Hall–Kier alpha value is -2.35. The highest BCUT2D eigenvalue weighted by atomic mass is 32.2. The van der Waals surface area contributed by atoms with E-state index < -0.39 is 0 Å². The van der Waals surface area contributed by atoms with Crippen molar-refractivity contribution in [3.63, 3.8) is 0 Å². The van der Waals surface area contributed by atoms with E-state index in [1.165, 1.54) is 31.0 Å². The maximum Gasteiger partial charge on any atom is 0.251 e.